The Morgan fingerprint density at radius 2 is 1.76 bits per heavy atom. The molecule has 0 radical (unpaired) electrons. The molecule has 0 bridgehead atoms. The molecule has 1 aromatic heterocycles. The van der Waals surface area contributed by atoms with Crippen LogP contribution in [-0.2, 0) is 0 Å². The van der Waals surface area contributed by atoms with Crippen molar-refractivity contribution in [1.29, 1.82) is 0 Å². The summed E-state index contributed by atoms with van der Waals surface area (Å²) in [5.74, 6) is 0.733. The highest BCUT2D eigenvalue weighted by Gasteiger charge is 2.37. The van der Waals surface area contributed by atoms with E-state index in [1.165, 1.54) is 5.56 Å². The summed E-state index contributed by atoms with van der Waals surface area (Å²) in [6.07, 6.45) is 0. The van der Waals surface area contributed by atoms with E-state index in [0.29, 0.717) is 5.39 Å². The number of rotatable bonds is 2. The average Bonchev–Trinajstić information content (AvgIpc) is 3.28. The molecule has 4 rings (SSSR count). The van der Waals surface area contributed by atoms with Gasteiger partial charge in [-0.1, -0.05) is 42.5 Å². The van der Waals surface area contributed by atoms with Gasteiger partial charge in [0.25, 0.3) is 5.56 Å². The number of aromatic nitrogens is 2. The van der Waals surface area contributed by atoms with Crippen LogP contribution < -0.4 is 10.6 Å². The maximum absolute atomic E-state index is 12.7. The van der Waals surface area contributed by atoms with Gasteiger partial charge in [-0.2, -0.15) is 0 Å². The third-order valence-corrected chi connectivity index (χ3v) is 3.94. The van der Waals surface area contributed by atoms with Gasteiger partial charge in [0.1, 0.15) is 5.82 Å². The molecule has 0 amide bonds. The van der Waals surface area contributed by atoms with Gasteiger partial charge in [-0.25, -0.2) is 9.66 Å². The zero-order valence-corrected chi connectivity index (χ0v) is 11.7. The Balaban J connectivity index is 1.81. The van der Waals surface area contributed by atoms with E-state index in [2.05, 4.69) is 22.1 Å². The molecule has 1 aliphatic rings. The monoisotopic (exact) mass is 277 g/mol. The van der Waals surface area contributed by atoms with Crippen LogP contribution in [0.25, 0.3) is 10.9 Å². The molecule has 0 saturated carbocycles. The second-order valence-electron chi connectivity index (χ2n) is 5.34. The lowest BCUT2D eigenvalue weighted by atomic mass is 10.2. The van der Waals surface area contributed by atoms with Gasteiger partial charge in [0.05, 0.1) is 23.5 Å². The third-order valence-electron chi connectivity index (χ3n) is 3.94. The second-order valence-corrected chi connectivity index (χ2v) is 5.34. The number of aryl methyl sites for hydroxylation is 1. The van der Waals surface area contributed by atoms with E-state index < -0.39 is 0 Å². The topological polar surface area (TPSA) is 37.9 Å². The van der Waals surface area contributed by atoms with Crippen LogP contribution in [0.4, 0.5) is 0 Å². The van der Waals surface area contributed by atoms with E-state index in [1.807, 2.05) is 49.4 Å². The van der Waals surface area contributed by atoms with Crippen molar-refractivity contribution in [2.45, 2.75) is 13.0 Å². The fourth-order valence-corrected chi connectivity index (χ4v) is 2.84. The molecule has 0 N–H and O–H groups in total. The van der Waals surface area contributed by atoms with Gasteiger partial charge in [-0.3, -0.25) is 9.80 Å². The van der Waals surface area contributed by atoms with Gasteiger partial charge < -0.3 is 0 Å². The molecular weight excluding hydrogens is 262 g/mol. The van der Waals surface area contributed by atoms with Gasteiger partial charge in [0, 0.05) is 0 Å². The molecule has 1 atom stereocenters. The molecule has 1 aliphatic heterocycles. The van der Waals surface area contributed by atoms with E-state index in [0.717, 1.165) is 17.9 Å². The first kappa shape index (κ1) is 12.1. The number of benzene rings is 2. The van der Waals surface area contributed by atoms with Gasteiger partial charge in [-0.15, -0.1) is 0 Å². The van der Waals surface area contributed by atoms with E-state index >= 15 is 0 Å². The molecule has 3 aromatic rings. The van der Waals surface area contributed by atoms with Crippen molar-refractivity contribution >= 4 is 10.9 Å². The van der Waals surface area contributed by atoms with Crippen LogP contribution in [-0.4, -0.2) is 16.2 Å². The molecule has 1 saturated heterocycles. The first-order valence-electron chi connectivity index (χ1n) is 7.06. The minimum absolute atomic E-state index is 0.0107. The van der Waals surface area contributed by atoms with Crippen LogP contribution in [0.1, 0.15) is 17.4 Å². The van der Waals surface area contributed by atoms with Crippen molar-refractivity contribution < 1.29 is 0 Å². The Morgan fingerprint density at radius 3 is 2.57 bits per heavy atom. The van der Waals surface area contributed by atoms with Crippen molar-refractivity contribution in [2.24, 2.45) is 0 Å². The molecule has 21 heavy (non-hydrogen) atoms. The summed E-state index contributed by atoms with van der Waals surface area (Å²) in [6, 6.07) is 18.0. The summed E-state index contributed by atoms with van der Waals surface area (Å²) in [5, 5.41) is 2.73. The molecule has 0 spiro atoms. The van der Waals surface area contributed by atoms with Gasteiger partial charge in [-0.05, 0) is 24.6 Å². The summed E-state index contributed by atoms with van der Waals surface area (Å²) in [7, 11) is 0. The van der Waals surface area contributed by atoms with Crippen LogP contribution >= 0.6 is 0 Å². The highest BCUT2D eigenvalue weighted by atomic mass is 16.1. The molecular formula is C17H15N3O. The minimum atomic E-state index is 0.0107. The Kier molecular flexibility index (Phi) is 2.57. The predicted octanol–water partition coefficient (Wildman–Crippen LogP) is 2.40. The Labute approximate surface area is 122 Å². The Hall–Kier alpha value is -2.62. The van der Waals surface area contributed by atoms with Crippen molar-refractivity contribution in [2.75, 3.05) is 11.6 Å². The normalized spacial score (nSPS) is 17.2. The quantitative estimate of drug-likeness (QED) is 0.675. The first-order chi connectivity index (χ1) is 10.3. The number of para-hydroxylation sites is 1. The lowest BCUT2D eigenvalue weighted by Crippen LogP contribution is -2.31. The van der Waals surface area contributed by atoms with Crippen molar-refractivity contribution in [3.05, 3.63) is 76.3 Å². The fourth-order valence-electron chi connectivity index (χ4n) is 2.84. The van der Waals surface area contributed by atoms with Crippen LogP contribution in [0.15, 0.2) is 59.4 Å². The predicted molar refractivity (Wildman–Crippen MR) is 83.0 cm³/mol. The number of nitrogens with zero attached hydrogens (tertiary/aromatic N) is 3. The molecule has 2 heterocycles. The van der Waals surface area contributed by atoms with E-state index in [1.54, 1.807) is 4.68 Å². The first-order valence-corrected chi connectivity index (χ1v) is 7.06. The van der Waals surface area contributed by atoms with Crippen molar-refractivity contribution in [3.8, 4) is 0 Å². The average molecular weight is 277 g/mol. The molecule has 1 fully saturated rings. The second kappa shape index (κ2) is 4.45. The maximum atomic E-state index is 12.7. The SMILES string of the molecule is Cc1nc2ccccc2c(=O)n1N1CC1c1ccccc1. The lowest BCUT2D eigenvalue weighted by Gasteiger charge is -2.13. The van der Waals surface area contributed by atoms with Gasteiger partial charge in [0.2, 0.25) is 0 Å². The molecule has 4 nitrogen and oxygen atoms in total. The van der Waals surface area contributed by atoms with Crippen LogP contribution in [0.5, 0.6) is 0 Å². The number of fused-ring (bicyclic) bond motifs is 1. The van der Waals surface area contributed by atoms with E-state index in [9.17, 15) is 4.79 Å². The number of hydrogen-bond donors (Lipinski definition) is 0. The van der Waals surface area contributed by atoms with Crippen LogP contribution in [0.3, 0.4) is 0 Å². The maximum Gasteiger partial charge on any atom is 0.280 e. The third kappa shape index (κ3) is 1.91. The summed E-state index contributed by atoms with van der Waals surface area (Å²) < 4.78 is 1.71. The summed E-state index contributed by atoms with van der Waals surface area (Å²) in [5.41, 5.74) is 2.00. The fraction of sp³-hybridized carbons (Fsp3) is 0.176. The lowest BCUT2D eigenvalue weighted by molar-refractivity contribution is 0.715. The Morgan fingerprint density at radius 1 is 1.05 bits per heavy atom. The largest absolute Gasteiger partial charge is 0.297 e. The smallest absolute Gasteiger partial charge is 0.280 e. The summed E-state index contributed by atoms with van der Waals surface area (Å²) in [6.45, 7) is 2.74. The van der Waals surface area contributed by atoms with Gasteiger partial charge in [0.15, 0.2) is 0 Å². The van der Waals surface area contributed by atoms with Crippen LogP contribution in [0.2, 0.25) is 0 Å². The highest BCUT2D eigenvalue weighted by molar-refractivity contribution is 5.77. The zero-order chi connectivity index (χ0) is 14.4. The molecule has 4 heteroatoms. The van der Waals surface area contributed by atoms with Gasteiger partial charge >= 0.3 is 0 Å². The molecule has 1 unspecified atom stereocenters. The van der Waals surface area contributed by atoms with E-state index in [4.69, 9.17) is 0 Å². The molecule has 0 aliphatic carbocycles. The van der Waals surface area contributed by atoms with Crippen molar-refractivity contribution in [3.63, 3.8) is 0 Å². The standard InChI is InChI=1S/C17H15N3O/c1-12-18-15-10-6-5-9-14(15)17(21)20(12)19-11-16(19)13-7-3-2-4-8-13/h2-10,16H,11H2,1H3. The summed E-state index contributed by atoms with van der Waals surface area (Å²) in [4.78, 5) is 17.2. The van der Waals surface area contributed by atoms with Crippen LogP contribution in [0, 0.1) is 6.92 Å². The molecule has 104 valence electrons. The summed E-state index contributed by atoms with van der Waals surface area (Å²) >= 11 is 0. The zero-order valence-electron chi connectivity index (χ0n) is 11.7. The van der Waals surface area contributed by atoms with Crippen molar-refractivity contribution in [1.82, 2.24) is 9.66 Å². The Bertz CT molecular complexity index is 870. The highest BCUT2D eigenvalue weighted by Crippen LogP contribution is 2.32. The minimum Gasteiger partial charge on any atom is -0.297 e. The number of hydrogen-bond acceptors (Lipinski definition) is 3. The molecule has 2 aromatic carbocycles. The van der Waals surface area contributed by atoms with E-state index in [-0.39, 0.29) is 11.6 Å².